The molecule has 1 nitrogen and oxygen atoms in total. The topological polar surface area (TPSA) is 12.0 Å². The minimum absolute atomic E-state index is 0.207. The molecule has 0 aliphatic carbocycles. The Morgan fingerprint density at radius 3 is 2.67 bits per heavy atom. The van der Waals surface area contributed by atoms with Gasteiger partial charge in [0.1, 0.15) is 4.34 Å². The van der Waals surface area contributed by atoms with Gasteiger partial charge in [-0.2, -0.15) is 0 Å². The number of halogens is 3. The van der Waals surface area contributed by atoms with Crippen LogP contribution >= 0.6 is 50.5 Å². The van der Waals surface area contributed by atoms with Crippen LogP contribution < -0.4 is 5.32 Å². The average molecular weight is 365 g/mol. The van der Waals surface area contributed by atoms with Crippen molar-refractivity contribution < 1.29 is 0 Å². The number of thiophene rings is 1. The molecule has 0 radical (unpaired) electrons. The maximum atomic E-state index is 6.16. The summed E-state index contributed by atoms with van der Waals surface area (Å²) < 4.78 is 1.74. The molecule has 1 heterocycles. The molecule has 0 aliphatic heterocycles. The second kappa shape index (κ2) is 6.40. The highest BCUT2D eigenvalue weighted by atomic mass is 79.9. The van der Waals surface area contributed by atoms with E-state index in [4.69, 9.17) is 23.2 Å². The third-order valence-corrected chi connectivity index (χ3v) is 5.47. The third-order valence-electron chi connectivity index (χ3n) is 2.65. The minimum Gasteiger partial charge on any atom is -0.305 e. The van der Waals surface area contributed by atoms with Gasteiger partial charge in [0.15, 0.2) is 0 Å². The normalized spacial score (nSPS) is 12.7. The van der Waals surface area contributed by atoms with Gasteiger partial charge in [-0.05, 0) is 40.5 Å². The number of hydrogen-bond donors (Lipinski definition) is 1. The van der Waals surface area contributed by atoms with Crippen molar-refractivity contribution in [1.82, 2.24) is 5.32 Å². The molecule has 0 saturated heterocycles. The molecule has 1 atom stereocenters. The van der Waals surface area contributed by atoms with Crippen LogP contribution in [0.25, 0.3) is 0 Å². The standard InChI is InChI=1S/C13H12BrCl2NS/c1-8(10-4-2-3-5-12(10)15)17-7-9-6-11(14)13(16)18-9/h2-6,8,17H,7H2,1H3/t8-/m0/s1. The molecule has 1 aromatic heterocycles. The van der Waals surface area contributed by atoms with Crippen LogP contribution in [0.2, 0.25) is 9.36 Å². The van der Waals surface area contributed by atoms with Crippen molar-refractivity contribution in [2.45, 2.75) is 19.5 Å². The van der Waals surface area contributed by atoms with Gasteiger partial charge in [0.25, 0.3) is 0 Å². The average Bonchev–Trinajstić information content (AvgIpc) is 2.66. The molecule has 0 aliphatic rings. The lowest BCUT2D eigenvalue weighted by Gasteiger charge is -2.14. The van der Waals surface area contributed by atoms with E-state index < -0.39 is 0 Å². The lowest BCUT2D eigenvalue weighted by molar-refractivity contribution is 0.579. The number of rotatable bonds is 4. The Labute approximate surface area is 129 Å². The monoisotopic (exact) mass is 363 g/mol. The van der Waals surface area contributed by atoms with Crippen molar-refractivity contribution in [3.8, 4) is 0 Å². The van der Waals surface area contributed by atoms with Gasteiger partial charge in [0.05, 0.1) is 0 Å². The molecular weight excluding hydrogens is 353 g/mol. The van der Waals surface area contributed by atoms with Crippen LogP contribution in [0.4, 0.5) is 0 Å². The molecule has 18 heavy (non-hydrogen) atoms. The van der Waals surface area contributed by atoms with Crippen molar-refractivity contribution in [2.24, 2.45) is 0 Å². The number of benzene rings is 1. The highest BCUT2D eigenvalue weighted by Gasteiger charge is 2.10. The molecule has 96 valence electrons. The fourth-order valence-corrected chi connectivity index (χ4v) is 3.71. The van der Waals surface area contributed by atoms with Crippen LogP contribution in [0.3, 0.4) is 0 Å². The molecular formula is C13H12BrCl2NS. The van der Waals surface area contributed by atoms with Gasteiger partial charge in [0.2, 0.25) is 0 Å². The summed E-state index contributed by atoms with van der Waals surface area (Å²) in [5.41, 5.74) is 1.11. The Kier molecular flexibility index (Phi) is 5.10. The molecule has 5 heteroatoms. The van der Waals surface area contributed by atoms with Gasteiger partial charge in [-0.1, -0.05) is 41.4 Å². The van der Waals surface area contributed by atoms with E-state index in [-0.39, 0.29) is 6.04 Å². The molecule has 1 aromatic carbocycles. The van der Waals surface area contributed by atoms with Crippen LogP contribution in [0, 0.1) is 0 Å². The summed E-state index contributed by atoms with van der Waals surface area (Å²) in [6, 6.07) is 10.1. The maximum absolute atomic E-state index is 6.16. The summed E-state index contributed by atoms with van der Waals surface area (Å²) in [6.07, 6.45) is 0. The largest absolute Gasteiger partial charge is 0.305 e. The molecule has 0 bridgehead atoms. The first-order chi connectivity index (χ1) is 8.58. The maximum Gasteiger partial charge on any atom is 0.107 e. The summed E-state index contributed by atoms with van der Waals surface area (Å²) in [6.45, 7) is 2.88. The van der Waals surface area contributed by atoms with Crippen molar-refractivity contribution in [3.05, 3.63) is 54.6 Å². The Morgan fingerprint density at radius 2 is 2.06 bits per heavy atom. The zero-order chi connectivity index (χ0) is 13.1. The zero-order valence-corrected chi connectivity index (χ0v) is 13.6. The summed E-state index contributed by atoms with van der Waals surface area (Å²) in [5, 5.41) is 4.24. The molecule has 1 N–H and O–H groups in total. The van der Waals surface area contributed by atoms with E-state index in [0.29, 0.717) is 0 Å². The molecule has 0 saturated carbocycles. The van der Waals surface area contributed by atoms with E-state index in [1.165, 1.54) is 4.88 Å². The highest BCUT2D eigenvalue weighted by Crippen LogP contribution is 2.32. The number of hydrogen-bond acceptors (Lipinski definition) is 2. The van der Waals surface area contributed by atoms with E-state index in [2.05, 4.69) is 28.2 Å². The predicted molar refractivity (Wildman–Crippen MR) is 83.7 cm³/mol. The van der Waals surface area contributed by atoms with E-state index in [1.807, 2.05) is 30.3 Å². The SMILES string of the molecule is C[C@H](NCc1cc(Br)c(Cl)s1)c1ccccc1Cl. The number of nitrogens with one attached hydrogen (secondary N) is 1. The summed E-state index contributed by atoms with van der Waals surface area (Å²) in [7, 11) is 0. The first-order valence-corrected chi connectivity index (χ1v) is 7.86. The van der Waals surface area contributed by atoms with Gasteiger partial charge in [-0.25, -0.2) is 0 Å². The van der Waals surface area contributed by atoms with Crippen LogP contribution in [-0.2, 0) is 6.54 Å². The lowest BCUT2D eigenvalue weighted by atomic mass is 10.1. The van der Waals surface area contributed by atoms with Crippen molar-refractivity contribution in [1.29, 1.82) is 0 Å². The van der Waals surface area contributed by atoms with Crippen molar-refractivity contribution in [2.75, 3.05) is 0 Å². The molecule has 0 amide bonds. The van der Waals surface area contributed by atoms with Crippen LogP contribution in [0.5, 0.6) is 0 Å². The Bertz CT molecular complexity index is 522. The van der Waals surface area contributed by atoms with Gasteiger partial charge in [0, 0.05) is 27.0 Å². The molecule has 2 aromatic rings. The van der Waals surface area contributed by atoms with Gasteiger partial charge >= 0.3 is 0 Å². The second-order valence-corrected chi connectivity index (χ2v) is 6.96. The van der Waals surface area contributed by atoms with Crippen molar-refractivity contribution in [3.63, 3.8) is 0 Å². The fourth-order valence-electron chi connectivity index (χ4n) is 1.67. The predicted octanol–water partition coefficient (Wildman–Crippen LogP) is 5.67. The van der Waals surface area contributed by atoms with E-state index in [9.17, 15) is 0 Å². The molecule has 0 spiro atoms. The van der Waals surface area contributed by atoms with Crippen molar-refractivity contribution >= 4 is 50.5 Å². The van der Waals surface area contributed by atoms with E-state index in [1.54, 1.807) is 11.3 Å². The summed E-state index contributed by atoms with van der Waals surface area (Å²) in [4.78, 5) is 1.20. The van der Waals surface area contributed by atoms with Crippen LogP contribution in [-0.4, -0.2) is 0 Å². The molecule has 0 fully saturated rings. The third kappa shape index (κ3) is 3.49. The highest BCUT2D eigenvalue weighted by molar-refractivity contribution is 9.10. The Hall–Kier alpha value is -0.0600. The van der Waals surface area contributed by atoms with Gasteiger partial charge in [-0.3, -0.25) is 0 Å². The van der Waals surface area contributed by atoms with Crippen LogP contribution in [0.15, 0.2) is 34.8 Å². The fraction of sp³-hybridized carbons (Fsp3) is 0.231. The Balaban J connectivity index is 2.00. The molecule has 0 unspecified atom stereocenters. The summed E-state index contributed by atoms with van der Waals surface area (Å²) in [5.74, 6) is 0. The first-order valence-electron chi connectivity index (χ1n) is 5.49. The second-order valence-electron chi connectivity index (χ2n) is 3.96. The minimum atomic E-state index is 0.207. The van der Waals surface area contributed by atoms with Crippen LogP contribution in [0.1, 0.15) is 23.4 Å². The zero-order valence-electron chi connectivity index (χ0n) is 9.71. The summed E-state index contributed by atoms with van der Waals surface area (Å²) >= 11 is 17.2. The van der Waals surface area contributed by atoms with Gasteiger partial charge in [-0.15, -0.1) is 11.3 Å². The van der Waals surface area contributed by atoms with Gasteiger partial charge < -0.3 is 5.32 Å². The quantitative estimate of drug-likeness (QED) is 0.737. The molecule has 2 rings (SSSR count). The van der Waals surface area contributed by atoms with E-state index >= 15 is 0 Å². The Morgan fingerprint density at radius 1 is 1.33 bits per heavy atom. The lowest BCUT2D eigenvalue weighted by Crippen LogP contribution is -2.17. The first kappa shape index (κ1) is 14.4. The van der Waals surface area contributed by atoms with E-state index in [0.717, 1.165) is 25.9 Å². The smallest absolute Gasteiger partial charge is 0.107 e.